The lowest BCUT2D eigenvalue weighted by Gasteiger charge is -2.08. The number of hydrogen-bond acceptors (Lipinski definition) is 2. The van der Waals surface area contributed by atoms with Gasteiger partial charge in [-0.3, -0.25) is 0 Å². The standard InChI is InChI=1S/C16H27NO/c1-4-15-7-9-16(10-8-15)18-12-6-5-11-17-13-14(2)3/h7-10,14,17H,4-6,11-13H2,1-3H3. The molecule has 0 spiro atoms. The average molecular weight is 249 g/mol. The van der Waals surface area contributed by atoms with E-state index in [1.807, 2.05) is 0 Å². The number of hydrogen-bond donors (Lipinski definition) is 1. The van der Waals surface area contributed by atoms with E-state index < -0.39 is 0 Å². The zero-order chi connectivity index (χ0) is 13.2. The molecule has 0 aliphatic carbocycles. The molecule has 0 fully saturated rings. The molecule has 0 bridgehead atoms. The first-order valence-corrected chi connectivity index (χ1v) is 7.14. The fourth-order valence-corrected chi connectivity index (χ4v) is 1.75. The summed E-state index contributed by atoms with van der Waals surface area (Å²) in [5, 5.41) is 3.44. The van der Waals surface area contributed by atoms with Gasteiger partial charge in [0.25, 0.3) is 0 Å². The lowest BCUT2D eigenvalue weighted by atomic mass is 10.2. The number of benzene rings is 1. The van der Waals surface area contributed by atoms with Crippen molar-refractivity contribution in [2.24, 2.45) is 5.92 Å². The topological polar surface area (TPSA) is 21.3 Å². The van der Waals surface area contributed by atoms with Crippen molar-refractivity contribution in [2.45, 2.75) is 40.0 Å². The predicted octanol–water partition coefficient (Wildman–Crippen LogP) is 3.65. The van der Waals surface area contributed by atoms with Crippen LogP contribution in [0.15, 0.2) is 24.3 Å². The molecule has 0 aromatic heterocycles. The van der Waals surface area contributed by atoms with Crippen molar-refractivity contribution in [1.29, 1.82) is 0 Å². The second-order valence-corrected chi connectivity index (χ2v) is 5.15. The van der Waals surface area contributed by atoms with Crippen LogP contribution in [-0.2, 0) is 6.42 Å². The second-order valence-electron chi connectivity index (χ2n) is 5.15. The molecule has 18 heavy (non-hydrogen) atoms. The highest BCUT2D eigenvalue weighted by Crippen LogP contribution is 2.12. The fourth-order valence-electron chi connectivity index (χ4n) is 1.75. The van der Waals surface area contributed by atoms with Crippen molar-refractivity contribution < 1.29 is 4.74 Å². The third kappa shape index (κ3) is 6.65. The number of ether oxygens (including phenoxy) is 1. The van der Waals surface area contributed by atoms with Crippen LogP contribution in [0.1, 0.15) is 39.2 Å². The highest BCUT2D eigenvalue weighted by Gasteiger charge is 1.95. The molecule has 1 N–H and O–H groups in total. The molecular weight excluding hydrogens is 222 g/mol. The summed E-state index contributed by atoms with van der Waals surface area (Å²) in [6, 6.07) is 8.41. The summed E-state index contributed by atoms with van der Waals surface area (Å²) >= 11 is 0. The summed E-state index contributed by atoms with van der Waals surface area (Å²) in [5.41, 5.74) is 1.36. The van der Waals surface area contributed by atoms with Crippen LogP contribution in [0.2, 0.25) is 0 Å². The van der Waals surface area contributed by atoms with Gasteiger partial charge in [-0.15, -0.1) is 0 Å². The van der Waals surface area contributed by atoms with Gasteiger partial charge in [-0.2, -0.15) is 0 Å². The van der Waals surface area contributed by atoms with E-state index >= 15 is 0 Å². The lowest BCUT2D eigenvalue weighted by molar-refractivity contribution is 0.305. The molecular formula is C16H27NO. The largest absolute Gasteiger partial charge is 0.494 e. The van der Waals surface area contributed by atoms with Crippen molar-refractivity contribution in [3.05, 3.63) is 29.8 Å². The summed E-state index contributed by atoms with van der Waals surface area (Å²) in [6.07, 6.45) is 3.38. The zero-order valence-electron chi connectivity index (χ0n) is 12.0. The van der Waals surface area contributed by atoms with E-state index in [0.29, 0.717) is 0 Å². The van der Waals surface area contributed by atoms with Gasteiger partial charge in [0.15, 0.2) is 0 Å². The Hall–Kier alpha value is -1.02. The van der Waals surface area contributed by atoms with Crippen LogP contribution in [0, 0.1) is 5.92 Å². The molecule has 0 saturated carbocycles. The second kappa shape index (κ2) is 8.98. The van der Waals surface area contributed by atoms with Gasteiger partial charge in [-0.1, -0.05) is 32.9 Å². The minimum absolute atomic E-state index is 0.735. The Labute approximate surface area is 112 Å². The highest BCUT2D eigenvalue weighted by atomic mass is 16.5. The predicted molar refractivity (Wildman–Crippen MR) is 78.3 cm³/mol. The van der Waals surface area contributed by atoms with Crippen LogP contribution < -0.4 is 10.1 Å². The fraction of sp³-hybridized carbons (Fsp3) is 0.625. The SMILES string of the molecule is CCc1ccc(OCCCCNCC(C)C)cc1. The molecule has 0 unspecified atom stereocenters. The van der Waals surface area contributed by atoms with E-state index in [-0.39, 0.29) is 0 Å². The summed E-state index contributed by atoms with van der Waals surface area (Å²) in [6.45, 7) is 9.65. The van der Waals surface area contributed by atoms with Crippen LogP contribution in [0.3, 0.4) is 0 Å². The molecule has 0 aliphatic rings. The van der Waals surface area contributed by atoms with E-state index in [1.165, 1.54) is 12.0 Å². The highest BCUT2D eigenvalue weighted by molar-refractivity contribution is 5.27. The maximum absolute atomic E-state index is 5.71. The van der Waals surface area contributed by atoms with E-state index in [9.17, 15) is 0 Å². The number of aryl methyl sites for hydroxylation is 1. The normalized spacial score (nSPS) is 10.9. The molecule has 1 aromatic carbocycles. The van der Waals surface area contributed by atoms with Crippen molar-refractivity contribution >= 4 is 0 Å². The molecule has 0 amide bonds. The first-order valence-electron chi connectivity index (χ1n) is 7.14. The molecule has 1 rings (SSSR count). The van der Waals surface area contributed by atoms with Gasteiger partial charge in [0.1, 0.15) is 5.75 Å². The quantitative estimate of drug-likeness (QED) is 0.674. The monoisotopic (exact) mass is 249 g/mol. The summed E-state index contributed by atoms with van der Waals surface area (Å²) in [5.74, 6) is 1.72. The van der Waals surface area contributed by atoms with Crippen LogP contribution >= 0.6 is 0 Å². The molecule has 0 aliphatic heterocycles. The lowest BCUT2D eigenvalue weighted by Crippen LogP contribution is -2.21. The molecule has 1 aromatic rings. The average Bonchev–Trinajstić information content (AvgIpc) is 2.38. The van der Waals surface area contributed by atoms with Gasteiger partial charge in [0, 0.05) is 0 Å². The molecule has 2 nitrogen and oxygen atoms in total. The number of nitrogens with one attached hydrogen (secondary N) is 1. The number of rotatable bonds is 9. The van der Waals surface area contributed by atoms with Crippen LogP contribution in [-0.4, -0.2) is 19.7 Å². The third-order valence-corrected chi connectivity index (χ3v) is 2.90. The Morgan fingerprint density at radius 2 is 1.83 bits per heavy atom. The molecule has 102 valence electrons. The van der Waals surface area contributed by atoms with E-state index in [4.69, 9.17) is 4.74 Å². The molecule has 2 heteroatoms. The number of unbranched alkanes of at least 4 members (excludes halogenated alkanes) is 1. The molecule has 0 radical (unpaired) electrons. The molecule has 0 heterocycles. The summed E-state index contributed by atoms with van der Waals surface area (Å²) in [4.78, 5) is 0. The maximum Gasteiger partial charge on any atom is 0.119 e. The molecule has 0 atom stereocenters. The summed E-state index contributed by atoms with van der Waals surface area (Å²) < 4.78 is 5.71. The Morgan fingerprint density at radius 1 is 1.11 bits per heavy atom. The maximum atomic E-state index is 5.71. The van der Waals surface area contributed by atoms with Gasteiger partial charge in [0.2, 0.25) is 0 Å². The van der Waals surface area contributed by atoms with Gasteiger partial charge in [-0.25, -0.2) is 0 Å². The van der Waals surface area contributed by atoms with Crippen LogP contribution in [0.4, 0.5) is 0 Å². The first kappa shape index (κ1) is 15.0. The van der Waals surface area contributed by atoms with Crippen LogP contribution in [0.25, 0.3) is 0 Å². The Kier molecular flexibility index (Phi) is 7.51. The Balaban J connectivity index is 2.03. The summed E-state index contributed by atoms with van der Waals surface area (Å²) in [7, 11) is 0. The van der Waals surface area contributed by atoms with Crippen molar-refractivity contribution in [3.63, 3.8) is 0 Å². The van der Waals surface area contributed by atoms with Crippen LogP contribution in [0.5, 0.6) is 5.75 Å². The van der Waals surface area contributed by atoms with Crippen molar-refractivity contribution in [1.82, 2.24) is 5.32 Å². The van der Waals surface area contributed by atoms with E-state index in [1.54, 1.807) is 0 Å². The first-order chi connectivity index (χ1) is 8.72. The minimum Gasteiger partial charge on any atom is -0.494 e. The molecule has 0 saturated heterocycles. The zero-order valence-corrected chi connectivity index (χ0v) is 12.0. The van der Waals surface area contributed by atoms with Crippen molar-refractivity contribution in [3.8, 4) is 5.75 Å². The minimum atomic E-state index is 0.735. The van der Waals surface area contributed by atoms with Gasteiger partial charge < -0.3 is 10.1 Å². The van der Waals surface area contributed by atoms with E-state index in [0.717, 1.165) is 44.2 Å². The van der Waals surface area contributed by atoms with Gasteiger partial charge >= 0.3 is 0 Å². The third-order valence-electron chi connectivity index (χ3n) is 2.90. The van der Waals surface area contributed by atoms with E-state index in [2.05, 4.69) is 50.4 Å². The Bertz CT molecular complexity index is 305. The van der Waals surface area contributed by atoms with Crippen molar-refractivity contribution in [2.75, 3.05) is 19.7 Å². The Morgan fingerprint density at radius 3 is 2.44 bits per heavy atom. The van der Waals surface area contributed by atoms with Gasteiger partial charge in [0.05, 0.1) is 6.61 Å². The smallest absolute Gasteiger partial charge is 0.119 e. The van der Waals surface area contributed by atoms with Gasteiger partial charge in [-0.05, 0) is 56.0 Å².